The molecule has 15 heteroatoms. The van der Waals surface area contributed by atoms with E-state index in [4.69, 9.17) is 18.9 Å². The Morgan fingerprint density at radius 3 is 2.17 bits per heavy atom. The number of hydrogen-bond donors (Lipinski definition) is 3. The van der Waals surface area contributed by atoms with Gasteiger partial charge in [-0.1, -0.05) is 58.0 Å². The standard InChI is InChI=1S/C38H53BN3O11/c1-20-23(51-32(46)28(44)27(40-39-19-43)22-14-12-11-13-15-22)17-38(49)21(2)30-36(5)18-50-24(36)16-25(52-33(47)41(7)8)37(30,6)31(45)29(26(20)35(38,3)4)53-34(48)42(9)10/h11-15,19,21,23-25,27-30,40,44,49H,16-18H2,1-10H3/t21-,23-,24+,25-,27-,28+,29+,30+,36+,37+,38+/m0/s1. The van der Waals surface area contributed by atoms with Crippen LogP contribution in [0.5, 0.6) is 0 Å². The molecular weight excluding hydrogens is 685 g/mol. The third-order valence-corrected chi connectivity index (χ3v) is 12.7. The monoisotopic (exact) mass is 738 g/mol. The average Bonchev–Trinajstić information content (AvgIpc) is 3.10. The van der Waals surface area contributed by atoms with Gasteiger partial charge in [0.1, 0.15) is 12.2 Å². The van der Waals surface area contributed by atoms with Crippen molar-refractivity contribution in [2.75, 3.05) is 34.8 Å². The molecule has 1 aliphatic heterocycles. The summed E-state index contributed by atoms with van der Waals surface area (Å²) in [7, 11) is 7.12. The number of hydrogen-bond acceptors (Lipinski definition) is 12. The minimum absolute atomic E-state index is 0.127. The van der Waals surface area contributed by atoms with Crippen LogP contribution in [-0.4, -0.2) is 128 Å². The van der Waals surface area contributed by atoms with E-state index in [0.717, 1.165) is 7.41 Å². The van der Waals surface area contributed by atoms with Crippen molar-refractivity contribution in [3.63, 3.8) is 0 Å². The predicted octanol–water partition coefficient (Wildman–Crippen LogP) is 2.66. The lowest BCUT2D eigenvalue weighted by molar-refractivity contribution is -0.302. The number of ketones is 1. The van der Waals surface area contributed by atoms with Gasteiger partial charge in [0.25, 0.3) is 7.41 Å². The Labute approximate surface area is 311 Å². The number of esters is 1. The van der Waals surface area contributed by atoms with Crippen molar-refractivity contribution in [2.24, 2.45) is 28.1 Å². The quantitative estimate of drug-likeness (QED) is 0.111. The summed E-state index contributed by atoms with van der Waals surface area (Å²) in [6.07, 6.45) is -6.83. The lowest BCUT2D eigenvalue weighted by atomic mass is 9.40. The van der Waals surface area contributed by atoms with Crippen LogP contribution in [0, 0.1) is 28.1 Å². The van der Waals surface area contributed by atoms with Crippen LogP contribution in [0.2, 0.25) is 0 Å². The first kappa shape index (κ1) is 40.4. The van der Waals surface area contributed by atoms with Gasteiger partial charge in [0.15, 0.2) is 18.0 Å². The van der Waals surface area contributed by atoms with Crippen LogP contribution in [0.3, 0.4) is 0 Å². The SMILES string of the molecule is CC1=C2[C@@H](OC(=O)N(C)C)C(=O)[C@]3(C)[C@@H](OC(=O)N(C)C)C[C@H]4OC[C@@]4(C)[C@H]3[C@H](C)[C@](O)(C[C@@H]1OC(=O)[C@H](O)[C@@H](N[B]C=O)c1ccccc1)C2(C)C. The van der Waals surface area contributed by atoms with Crippen LogP contribution in [0.4, 0.5) is 9.59 Å². The molecule has 3 fully saturated rings. The lowest BCUT2D eigenvalue weighted by Crippen LogP contribution is -2.75. The van der Waals surface area contributed by atoms with Crippen molar-refractivity contribution in [1.29, 1.82) is 0 Å². The molecule has 2 amide bonds. The number of nitrogens with one attached hydrogen (secondary N) is 1. The van der Waals surface area contributed by atoms with E-state index in [9.17, 15) is 29.4 Å². The number of aliphatic hydroxyl groups is 2. The summed E-state index contributed by atoms with van der Waals surface area (Å²) < 4.78 is 24.3. The van der Waals surface area contributed by atoms with Gasteiger partial charge >= 0.3 is 18.2 Å². The van der Waals surface area contributed by atoms with Crippen LogP contribution in [0.15, 0.2) is 41.5 Å². The van der Waals surface area contributed by atoms with E-state index in [0.29, 0.717) is 17.3 Å². The average molecular weight is 739 g/mol. The van der Waals surface area contributed by atoms with Crippen LogP contribution >= 0.6 is 0 Å². The zero-order valence-electron chi connectivity index (χ0n) is 32.2. The Morgan fingerprint density at radius 1 is 1.02 bits per heavy atom. The minimum atomic E-state index is -1.79. The van der Waals surface area contributed by atoms with E-state index in [1.807, 2.05) is 13.8 Å². The van der Waals surface area contributed by atoms with Gasteiger partial charge in [-0.25, -0.2) is 14.4 Å². The highest BCUT2D eigenvalue weighted by Gasteiger charge is 2.74. The molecule has 1 aromatic carbocycles. The molecule has 1 aromatic rings. The smallest absolute Gasteiger partial charge is 0.410 e. The highest BCUT2D eigenvalue weighted by atomic mass is 16.6. The second-order valence-electron chi connectivity index (χ2n) is 16.5. The third kappa shape index (κ3) is 6.46. The number of aliphatic hydroxyl groups excluding tert-OH is 1. The Morgan fingerprint density at radius 2 is 1.62 bits per heavy atom. The minimum Gasteiger partial charge on any atom is -0.456 e. The fourth-order valence-electron chi connectivity index (χ4n) is 9.75. The molecule has 2 saturated carbocycles. The summed E-state index contributed by atoms with van der Waals surface area (Å²) in [6.45, 7) is 11.1. The van der Waals surface area contributed by atoms with Crippen molar-refractivity contribution in [3.05, 3.63) is 47.0 Å². The summed E-state index contributed by atoms with van der Waals surface area (Å²) >= 11 is 0. The molecule has 53 heavy (non-hydrogen) atoms. The maximum atomic E-state index is 15.5. The molecule has 5 rings (SSSR count). The van der Waals surface area contributed by atoms with E-state index in [1.165, 1.54) is 23.9 Å². The number of rotatable bonds is 9. The Bertz CT molecular complexity index is 1650. The molecule has 4 aliphatic rings. The van der Waals surface area contributed by atoms with Crippen LogP contribution < -0.4 is 5.23 Å². The molecule has 2 bridgehead atoms. The molecule has 0 unspecified atom stereocenters. The number of benzene rings is 1. The number of ether oxygens (including phenoxy) is 4. The molecule has 14 nitrogen and oxygen atoms in total. The number of fused-ring (bicyclic) bond motifs is 5. The molecule has 0 aromatic heterocycles. The first-order chi connectivity index (χ1) is 24.7. The highest BCUT2D eigenvalue weighted by Crippen LogP contribution is 2.67. The second kappa shape index (κ2) is 14.5. The number of amides is 2. The molecule has 0 spiro atoms. The molecule has 1 radical (unpaired) electrons. The molecule has 289 valence electrons. The molecule has 3 N–H and O–H groups in total. The topological polar surface area (TPSA) is 181 Å². The summed E-state index contributed by atoms with van der Waals surface area (Å²) in [6, 6.07) is 7.53. The predicted molar refractivity (Wildman–Crippen MR) is 193 cm³/mol. The first-order valence-corrected chi connectivity index (χ1v) is 18.0. The van der Waals surface area contributed by atoms with Gasteiger partial charge in [-0.3, -0.25) is 4.79 Å². The number of nitrogens with zero attached hydrogens (tertiary/aromatic N) is 2. The number of Topliss-reactive ketones (excluding diaryl/α,β-unsaturated/α-hetero) is 1. The Kier molecular flexibility index (Phi) is 11.0. The van der Waals surface area contributed by atoms with Crippen molar-refractivity contribution < 1.29 is 53.1 Å². The molecule has 1 saturated heterocycles. The lowest BCUT2D eigenvalue weighted by Gasteiger charge is -2.68. The van der Waals surface area contributed by atoms with E-state index < -0.39 is 94.2 Å². The largest absolute Gasteiger partial charge is 0.456 e. The van der Waals surface area contributed by atoms with Gasteiger partial charge in [0, 0.05) is 51.9 Å². The molecule has 1 heterocycles. The van der Waals surface area contributed by atoms with E-state index in [2.05, 4.69) is 5.23 Å². The van der Waals surface area contributed by atoms with E-state index >= 15 is 4.79 Å². The van der Waals surface area contributed by atoms with Crippen molar-refractivity contribution in [2.45, 2.75) is 96.5 Å². The van der Waals surface area contributed by atoms with E-state index in [1.54, 1.807) is 72.1 Å². The Balaban J connectivity index is 1.67. The zero-order chi connectivity index (χ0) is 39.4. The maximum absolute atomic E-state index is 15.5. The maximum Gasteiger partial charge on any atom is 0.410 e. The second-order valence-corrected chi connectivity index (χ2v) is 16.5. The van der Waals surface area contributed by atoms with Crippen LogP contribution in [0.25, 0.3) is 0 Å². The highest BCUT2D eigenvalue weighted by molar-refractivity contribution is 6.64. The van der Waals surface area contributed by atoms with Gasteiger partial charge in [0.05, 0.1) is 36.0 Å². The first-order valence-electron chi connectivity index (χ1n) is 18.0. The Hall–Kier alpha value is -3.79. The van der Waals surface area contributed by atoms with E-state index in [-0.39, 0.29) is 25.0 Å². The molecule has 11 atom stereocenters. The summed E-state index contributed by atoms with van der Waals surface area (Å²) in [5.74, 6) is -2.93. The van der Waals surface area contributed by atoms with Gasteiger partial charge < -0.3 is 49.0 Å². The number of carbonyl (C=O) groups excluding carboxylic acids is 5. The zero-order valence-corrected chi connectivity index (χ0v) is 32.2. The number of carbonyl (C=O) groups is 5. The fraction of sp³-hybridized carbons (Fsp3) is 0.658. The third-order valence-electron chi connectivity index (χ3n) is 12.7. The normalized spacial score (nSPS) is 35.4. The van der Waals surface area contributed by atoms with Gasteiger partial charge in [0.2, 0.25) is 0 Å². The summed E-state index contributed by atoms with van der Waals surface area (Å²) in [5.41, 5.74) is -3.94. The van der Waals surface area contributed by atoms with Crippen molar-refractivity contribution in [1.82, 2.24) is 15.0 Å². The van der Waals surface area contributed by atoms with Crippen LogP contribution in [-0.2, 0) is 33.3 Å². The fourth-order valence-corrected chi connectivity index (χ4v) is 9.75. The van der Waals surface area contributed by atoms with Gasteiger partial charge in [-0.05, 0) is 42.4 Å². The molecular formula is C38H53BN3O11. The molecule has 3 aliphatic carbocycles. The van der Waals surface area contributed by atoms with Gasteiger partial charge in [-0.15, -0.1) is 0 Å². The van der Waals surface area contributed by atoms with Gasteiger partial charge in [-0.2, -0.15) is 0 Å². The van der Waals surface area contributed by atoms with Crippen LogP contribution in [0.1, 0.15) is 66.0 Å². The van der Waals surface area contributed by atoms with Crippen molar-refractivity contribution >= 4 is 37.5 Å². The summed E-state index contributed by atoms with van der Waals surface area (Å²) in [4.78, 5) is 69.6. The summed E-state index contributed by atoms with van der Waals surface area (Å²) in [5, 5.41) is 27.4. The van der Waals surface area contributed by atoms with Crippen molar-refractivity contribution in [3.8, 4) is 0 Å².